The molecular weight excluding hydrogens is 304 g/mol. The van der Waals surface area contributed by atoms with Crippen LogP contribution in [0.3, 0.4) is 0 Å². The number of phenolic OH excluding ortho intramolecular Hbond substituents is 1. The van der Waals surface area contributed by atoms with Gasteiger partial charge in [-0.05, 0) is 15.9 Å². The molecule has 3 N–H and O–H groups in total. The van der Waals surface area contributed by atoms with Crippen molar-refractivity contribution in [3.8, 4) is 28.6 Å². The van der Waals surface area contributed by atoms with Crippen molar-refractivity contribution < 1.29 is 19.1 Å². The van der Waals surface area contributed by atoms with Gasteiger partial charge in [-0.3, -0.25) is 0 Å². The average molecular weight is 315 g/mol. The minimum atomic E-state index is -0.0381. The third-order valence-corrected chi connectivity index (χ3v) is 2.98. The molecule has 1 heterocycles. The molecule has 18 heavy (non-hydrogen) atoms. The molecule has 2 aromatic rings. The zero-order valence-corrected chi connectivity index (χ0v) is 11.3. The maximum Gasteiger partial charge on any atom is 0.176 e. The topological polar surface area (TPSA) is 90.7 Å². The Morgan fingerprint density at radius 2 is 2.06 bits per heavy atom. The molecule has 0 fully saturated rings. The number of aromatic nitrogens is 1. The van der Waals surface area contributed by atoms with Gasteiger partial charge in [0.2, 0.25) is 0 Å². The summed E-state index contributed by atoms with van der Waals surface area (Å²) in [5.41, 5.74) is 5.82. The Hall–Kier alpha value is -1.89. The molecular formula is C11H11BrN2O4. The molecule has 0 aliphatic rings. The van der Waals surface area contributed by atoms with Gasteiger partial charge < -0.3 is 24.8 Å². The van der Waals surface area contributed by atoms with Gasteiger partial charge in [-0.25, -0.2) is 0 Å². The number of nitrogen functional groups attached to an aromatic ring is 1. The van der Waals surface area contributed by atoms with E-state index in [1.165, 1.54) is 20.3 Å². The molecule has 1 aromatic heterocycles. The predicted molar refractivity (Wildman–Crippen MR) is 68.8 cm³/mol. The van der Waals surface area contributed by atoms with Gasteiger partial charge in [0.25, 0.3) is 0 Å². The fourth-order valence-electron chi connectivity index (χ4n) is 1.59. The van der Waals surface area contributed by atoms with Crippen LogP contribution in [0.2, 0.25) is 0 Å². The summed E-state index contributed by atoms with van der Waals surface area (Å²) < 4.78 is 15.9. The molecule has 1 aromatic carbocycles. The Morgan fingerprint density at radius 1 is 1.33 bits per heavy atom. The zero-order chi connectivity index (χ0) is 13.3. The van der Waals surface area contributed by atoms with Gasteiger partial charge >= 0.3 is 0 Å². The van der Waals surface area contributed by atoms with E-state index in [-0.39, 0.29) is 11.6 Å². The van der Waals surface area contributed by atoms with E-state index in [1.807, 2.05) is 0 Å². The van der Waals surface area contributed by atoms with Gasteiger partial charge in [0, 0.05) is 12.1 Å². The van der Waals surface area contributed by atoms with Crippen molar-refractivity contribution in [1.82, 2.24) is 5.16 Å². The molecule has 7 heteroatoms. The monoisotopic (exact) mass is 314 g/mol. The Morgan fingerprint density at radius 3 is 2.56 bits per heavy atom. The van der Waals surface area contributed by atoms with Crippen molar-refractivity contribution in [1.29, 1.82) is 0 Å². The van der Waals surface area contributed by atoms with E-state index in [0.717, 1.165) is 0 Å². The maximum atomic E-state index is 10.1. The van der Waals surface area contributed by atoms with Crippen LogP contribution in [-0.4, -0.2) is 24.5 Å². The number of hydrogen-bond donors (Lipinski definition) is 2. The van der Waals surface area contributed by atoms with Crippen LogP contribution in [0.15, 0.2) is 21.1 Å². The summed E-state index contributed by atoms with van der Waals surface area (Å²) >= 11 is 3.23. The highest BCUT2D eigenvalue weighted by Crippen LogP contribution is 2.48. The van der Waals surface area contributed by atoms with Crippen LogP contribution >= 0.6 is 15.9 Å². The van der Waals surface area contributed by atoms with Crippen LogP contribution in [-0.2, 0) is 0 Å². The number of benzene rings is 1. The molecule has 0 saturated heterocycles. The third-order valence-electron chi connectivity index (χ3n) is 2.37. The first-order valence-electron chi connectivity index (χ1n) is 4.94. The third kappa shape index (κ3) is 1.97. The van der Waals surface area contributed by atoms with Gasteiger partial charge in [0.1, 0.15) is 11.3 Å². The van der Waals surface area contributed by atoms with Crippen molar-refractivity contribution in [3.63, 3.8) is 0 Å². The first-order valence-corrected chi connectivity index (χ1v) is 5.73. The van der Waals surface area contributed by atoms with Crippen LogP contribution < -0.4 is 15.2 Å². The number of rotatable bonds is 3. The van der Waals surface area contributed by atoms with Crippen LogP contribution in [0.25, 0.3) is 11.3 Å². The Bertz CT molecular complexity index is 583. The molecule has 96 valence electrons. The molecule has 2 rings (SSSR count). The molecule has 0 radical (unpaired) electrons. The highest BCUT2D eigenvalue weighted by atomic mass is 79.9. The summed E-state index contributed by atoms with van der Waals surface area (Å²) in [5.74, 6) is 1.26. The number of nitrogens with two attached hydrogens (primary N) is 1. The number of ether oxygens (including phenoxy) is 2. The molecule has 0 aliphatic heterocycles. The van der Waals surface area contributed by atoms with Crippen LogP contribution in [0.4, 0.5) is 5.82 Å². The lowest BCUT2D eigenvalue weighted by Gasteiger charge is -2.13. The van der Waals surface area contributed by atoms with Gasteiger partial charge in [0.05, 0.1) is 18.7 Å². The second kappa shape index (κ2) is 4.77. The standard InChI is InChI=1S/C11H11BrN2O4/c1-16-7-3-5(12)10(15)9(11(7)17-2)6-4-8(13)14-18-6/h3-4,15H,1-2H3,(H2,13,14). The Kier molecular flexibility index (Phi) is 3.33. The van der Waals surface area contributed by atoms with Gasteiger partial charge in [-0.1, -0.05) is 5.16 Å². The summed E-state index contributed by atoms with van der Waals surface area (Å²) in [6.07, 6.45) is 0. The molecule has 0 amide bonds. The van der Waals surface area contributed by atoms with Crippen LogP contribution in [0.1, 0.15) is 0 Å². The number of halogens is 1. The molecule has 0 unspecified atom stereocenters. The predicted octanol–water partition coefficient (Wildman–Crippen LogP) is 2.41. The Labute approximate surface area is 111 Å². The number of anilines is 1. The zero-order valence-electron chi connectivity index (χ0n) is 9.73. The quantitative estimate of drug-likeness (QED) is 0.904. The number of aromatic hydroxyl groups is 1. The van der Waals surface area contributed by atoms with Crippen LogP contribution in [0.5, 0.6) is 17.2 Å². The maximum absolute atomic E-state index is 10.1. The molecule has 0 bridgehead atoms. The number of methoxy groups -OCH3 is 2. The molecule has 0 saturated carbocycles. The minimum Gasteiger partial charge on any atom is -0.506 e. The molecule has 0 aliphatic carbocycles. The summed E-state index contributed by atoms with van der Waals surface area (Å²) in [4.78, 5) is 0. The smallest absolute Gasteiger partial charge is 0.176 e. The first-order chi connectivity index (χ1) is 8.58. The largest absolute Gasteiger partial charge is 0.506 e. The van der Waals surface area contributed by atoms with Crippen LogP contribution in [0, 0.1) is 0 Å². The van der Waals surface area contributed by atoms with E-state index >= 15 is 0 Å². The first kappa shape index (κ1) is 12.6. The highest BCUT2D eigenvalue weighted by Gasteiger charge is 2.22. The lowest BCUT2D eigenvalue weighted by molar-refractivity contribution is 0.349. The van der Waals surface area contributed by atoms with Gasteiger partial charge in [-0.15, -0.1) is 0 Å². The SMILES string of the molecule is COc1cc(Br)c(O)c(-c2cc(N)no2)c1OC. The van der Waals surface area contributed by atoms with E-state index in [4.69, 9.17) is 19.7 Å². The second-order valence-corrected chi connectivity index (χ2v) is 4.29. The normalized spacial score (nSPS) is 10.4. The number of phenols is 1. The van der Waals surface area contributed by atoms with Gasteiger partial charge in [-0.2, -0.15) is 0 Å². The molecule has 0 atom stereocenters. The van der Waals surface area contributed by atoms with Crippen molar-refractivity contribution >= 4 is 21.7 Å². The lowest BCUT2D eigenvalue weighted by atomic mass is 10.1. The molecule has 6 nitrogen and oxygen atoms in total. The number of hydrogen-bond acceptors (Lipinski definition) is 6. The summed E-state index contributed by atoms with van der Waals surface area (Å²) in [6, 6.07) is 3.08. The van der Waals surface area contributed by atoms with Gasteiger partial charge in [0.15, 0.2) is 23.1 Å². The lowest BCUT2D eigenvalue weighted by Crippen LogP contribution is -1.94. The highest BCUT2D eigenvalue weighted by molar-refractivity contribution is 9.10. The van der Waals surface area contributed by atoms with Crippen molar-refractivity contribution in [3.05, 3.63) is 16.6 Å². The van der Waals surface area contributed by atoms with E-state index in [0.29, 0.717) is 27.3 Å². The summed E-state index contributed by atoms with van der Waals surface area (Å²) in [5, 5.41) is 13.7. The summed E-state index contributed by atoms with van der Waals surface area (Å²) in [6.45, 7) is 0. The minimum absolute atomic E-state index is 0.0381. The van der Waals surface area contributed by atoms with Crippen molar-refractivity contribution in [2.24, 2.45) is 0 Å². The fourth-order valence-corrected chi connectivity index (χ4v) is 1.99. The number of nitrogens with zero attached hydrogens (tertiary/aromatic N) is 1. The second-order valence-electron chi connectivity index (χ2n) is 3.43. The van der Waals surface area contributed by atoms with E-state index < -0.39 is 0 Å². The van der Waals surface area contributed by atoms with E-state index in [1.54, 1.807) is 6.07 Å². The fraction of sp³-hybridized carbons (Fsp3) is 0.182. The van der Waals surface area contributed by atoms with Crippen molar-refractivity contribution in [2.45, 2.75) is 0 Å². The van der Waals surface area contributed by atoms with E-state index in [2.05, 4.69) is 21.1 Å². The average Bonchev–Trinajstić information content (AvgIpc) is 2.78. The summed E-state index contributed by atoms with van der Waals surface area (Å²) in [7, 11) is 2.97. The Balaban J connectivity index is 2.74. The van der Waals surface area contributed by atoms with E-state index in [9.17, 15) is 5.11 Å². The van der Waals surface area contributed by atoms with Crippen molar-refractivity contribution in [2.75, 3.05) is 20.0 Å². The molecule has 0 spiro atoms.